The summed E-state index contributed by atoms with van der Waals surface area (Å²) < 4.78 is 5.45. The summed E-state index contributed by atoms with van der Waals surface area (Å²) in [4.78, 5) is 31.5. The average Bonchev–Trinajstić information content (AvgIpc) is 3.10. The van der Waals surface area contributed by atoms with Crippen molar-refractivity contribution in [3.05, 3.63) is 66.2 Å². The van der Waals surface area contributed by atoms with Gasteiger partial charge in [0.2, 0.25) is 5.91 Å². The number of hydrogen-bond donors (Lipinski definition) is 0. The van der Waals surface area contributed by atoms with Crippen LogP contribution in [0.4, 0.5) is 5.69 Å². The second-order valence-electron chi connectivity index (χ2n) is 7.86. The topological polar surface area (TPSA) is 53.1 Å². The summed E-state index contributed by atoms with van der Waals surface area (Å²) in [5.41, 5.74) is 1.82. The molecule has 0 aromatic heterocycles. The monoisotopic (exact) mass is 419 g/mol. The van der Waals surface area contributed by atoms with Crippen molar-refractivity contribution < 1.29 is 14.3 Å². The molecule has 2 fully saturated rings. The molecule has 2 aliphatic rings. The van der Waals surface area contributed by atoms with Crippen LogP contribution in [0.15, 0.2) is 60.7 Å². The molecule has 2 aromatic rings. The minimum Gasteiger partial charge on any atom is -0.494 e. The van der Waals surface area contributed by atoms with Crippen molar-refractivity contribution in [1.29, 1.82) is 0 Å². The number of imide groups is 1. The smallest absolute Gasteiger partial charge is 0.251 e. The Kier molecular flexibility index (Phi) is 6.79. The van der Waals surface area contributed by atoms with Crippen LogP contribution in [0, 0.1) is 0 Å². The van der Waals surface area contributed by atoms with E-state index >= 15 is 0 Å². The van der Waals surface area contributed by atoms with Crippen molar-refractivity contribution in [1.82, 2.24) is 9.80 Å². The molecule has 0 radical (unpaired) electrons. The van der Waals surface area contributed by atoms with Crippen LogP contribution in [0.5, 0.6) is 5.75 Å². The Balaban J connectivity index is 1.31. The third-order valence-corrected chi connectivity index (χ3v) is 5.85. The Morgan fingerprint density at radius 3 is 2.35 bits per heavy atom. The molecule has 2 aliphatic heterocycles. The summed E-state index contributed by atoms with van der Waals surface area (Å²) in [6.45, 7) is 6.75. The summed E-state index contributed by atoms with van der Waals surface area (Å²) in [5, 5.41) is 0. The van der Waals surface area contributed by atoms with Gasteiger partial charge in [0.25, 0.3) is 5.91 Å². The highest BCUT2D eigenvalue weighted by molar-refractivity contribution is 6.22. The van der Waals surface area contributed by atoms with Crippen molar-refractivity contribution in [2.45, 2.75) is 19.4 Å². The summed E-state index contributed by atoms with van der Waals surface area (Å²) in [5.74, 6) is 0.485. The van der Waals surface area contributed by atoms with E-state index in [1.807, 2.05) is 25.1 Å². The lowest BCUT2D eigenvalue weighted by molar-refractivity contribution is -0.123. The van der Waals surface area contributed by atoms with E-state index in [4.69, 9.17) is 4.74 Å². The SMILES string of the molecule is CCOc1ccc(N2C(=O)C[C@@H](N3CCN(C/C=C/c4ccccc4)CC3)C2=O)cc1. The Morgan fingerprint density at radius 2 is 1.68 bits per heavy atom. The molecule has 2 amide bonds. The molecule has 0 N–H and O–H groups in total. The van der Waals surface area contributed by atoms with Gasteiger partial charge in [0.1, 0.15) is 5.75 Å². The van der Waals surface area contributed by atoms with Crippen LogP contribution in [0.25, 0.3) is 6.08 Å². The molecule has 2 heterocycles. The number of carbonyl (C=O) groups excluding carboxylic acids is 2. The second kappa shape index (κ2) is 9.90. The van der Waals surface area contributed by atoms with Gasteiger partial charge in [-0.1, -0.05) is 42.5 Å². The first-order chi connectivity index (χ1) is 15.2. The minimum atomic E-state index is -0.360. The Bertz CT molecular complexity index is 919. The molecular formula is C25H29N3O3. The molecule has 0 spiro atoms. The number of hydrogen-bond acceptors (Lipinski definition) is 5. The van der Waals surface area contributed by atoms with Gasteiger partial charge in [-0.3, -0.25) is 19.4 Å². The standard InChI is InChI=1S/C25H29N3O3/c1-2-31-22-12-10-21(11-13-22)28-24(29)19-23(25(28)30)27-17-15-26(16-18-27)14-6-9-20-7-4-3-5-8-20/h3-13,23H,2,14-19H2,1H3/b9-6+/t23-/m1/s1. The lowest BCUT2D eigenvalue weighted by Gasteiger charge is -2.36. The fraction of sp³-hybridized carbons (Fsp3) is 0.360. The first-order valence-electron chi connectivity index (χ1n) is 10.9. The number of carbonyl (C=O) groups is 2. The maximum absolute atomic E-state index is 13.0. The molecule has 31 heavy (non-hydrogen) atoms. The molecule has 162 valence electrons. The van der Waals surface area contributed by atoms with Gasteiger partial charge < -0.3 is 4.74 Å². The fourth-order valence-corrected chi connectivity index (χ4v) is 4.19. The Labute approximate surface area is 183 Å². The van der Waals surface area contributed by atoms with Crippen molar-refractivity contribution in [2.75, 3.05) is 44.2 Å². The quantitative estimate of drug-likeness (QED) is 0.646. The largest absolute Gasteiger partial charge is 0.494 e. The van der Waals surface area contributed by atoms with Crippen LogP contribution < -0.4 is 9.64 Å². The summed E-state index contributed by atoms with van der Waals surface area (Å²) in [6, 6.07) is 17.1. The molecule has 1 atom stereocenters. The van der Waals surface area contributed by atoms with E-state index in [0.717, 1.165) is 38.5 Å². The van der Waals surface area contributed by atoms with E-state index in [-0.39, 0.29) is 24.3 Å². The number of rotatable bonds is 7. The molecule has 0 bridgehead atoms. The third kappa shape index (κ3) is 5.03. The summed E-state index contributed by atoms with van der Waals surface area (Å²) in [7, 11) is 0. The number of benzene rings is 2. The van der Waals surface area contributed by atoms with Gasteiger partial charge in [-0.25, -0.2) is 4.90 Å². The van der Waals surface area contributed by atoms with Crippen molar-refractivity contribution in [3.63, 3.8) is 0 Å². The van der Waals surface area contributed by atoms with Crippen LogP contribution in [0.2, 0.25) is 0 Å². The number of anilines is 1. The van der Waals surface area contributed by atoms with E-state index in [2.05, 4.69) is 34.1 Å². The minimum absolute atomic E-state index is 0.119. The van der Waals surface area contributed by atoms with Gasteiger partial charge in [0, 0.05) is 32.7 Å². The zero-order chi connectivity index (χ0) is 21.6. The highest BCUT2D eigenvalue weighted by Gasteiger charge is 2.43. The number of piperazine rings is 1. The molecule has 0 unspecified atom stereocenters. The zero-order valence-electron chi connectivity index (χ0n) is 17.9. The van der Waals surface area contributed by atoms with Crippen LogP contribution in [0.3, 0.4) is 0 Å². The number of ether oxygens (including phenoxy) is 1. The van der Waals surface area contributed by atoms with Gasteiger partial charge >= 0.3 is 0 Å². The predicted molar refractivity (Wildman–Crippen MR) is 122 cm³/mol. The molecule has 2 aromatic carbocycles. The van der Waals surface area contributed by atoms with E-state index in [0.29, 0.717) is 12.3 Å². The molecular weight excluding hydrogens is 390 g/mol. The normalized spacial score (nSPS) is 20.7. The van der Waals surface area contributed by atoms with Gasteiger partial charge in [0.15, 0.2) is 0 Å². The summed E-state index contributed by atoms with van der Waals surface area (Å²) in [6.07, 6.45) is 4.57. The third-order valence-electron chi connectivity index (χ3n) is 5.85. The van der Waals surface area contributed by atoms with Crippen LogP contribution >= 0.6 is 0 Å². The summed E-state index contributed by atoms with van der Waals surface area (Å²) >= 11 is 0. The first-order valence-corrected chi connectivity index (χ1v) is 10.9. The number of nitrogens with zero attached hydrogens (tertiary/aromatic N) is 3. The molecule has 6 nitrogen and oxygen atoms in total. The maximum atomic E-state index is 13.0. The average molecular weight is 420 g/mol. The molecule has 0 saturated carbocycles. The zero-order valence-corrected chi connectivity index (χ0v) is 17.9. The van der Waals surface area contributed by atoms with Crippen LogP contribution in [0.1, 0.15) is 18.9 Å². The van der Waals surface area contributed by atoms with Crippen molar-refractivity contribution >= 4 is 23.6 Å². The molecule has 0 aliphatic carbocycles. The highest BCUT2D eigenvalue weighted by atomic mass is 16.5. The maximum Gasteiger partial charge on any atom is 0.251 e. The van der Waals surface area contributed by atoms with E-state index in [9.17, 15) is 9.59 Å². The Hall–Kier alpha value is -2.96. The lowest BCUT2D eigenvalue weighted by atomic mass is 10.1. The first kappa shape index (κ1) is 21.3. The van der Waals surface area contributed by atoms with Gasteiger partial charge in [0.05, 0.1) is 24.8 Å². The lowest BCUT2D eigenvalue weighted by Crippen LogP contribution is -2.52. The second-order valence-corrected chi connectivity index (χ2v) is 7.86. The molecule has 6 heteroatoms. The van der Waals surface area contributed by atoms with Gasteiger partial charge in [-0.2, -0.15) is 0 Å². The van der Waals surface area contributed by atoms with E-state index in [1.54, 1.807) is 24.3 Å². The highest BCUT2D eigenvalue weighted by Crippen LogP contribution is 2.28. The van der Waals surface area contributed by atoms with Gasteiger partial charge in [-0.05, 0) is 36.8 Å². The number of amides is 2. The molecule has 2 saturated heterocycles. The van der Waals surface area contributed by atoms with E-state index < -0.39 is 0 Å². The van der Waals surface area contributed by atoms with Gasteiger partial charge in [-0.15, -0.1) is 0 Å². The van der Waals surface area contributed by atoms with E-state index in [1.165, 1.54) is 10.5 Å². The van der Waals surface area contributed by atoms with Crippen molar-refractivity contribution in [2.24, 2.45) is 0 Å². The fourth-order valence-electron chi connectivity index (χ4n) is 4.19. The van der Waals surface area contributed by atoms with Crippen LogP contribution in [-0.2, 0) is 9.59 Å². The van der Waals surface area contributed by atoms with Crippen LogP contribution in [-0.4, -0.2) is 67.0 Å². The Morgan fingerprint density at radius 1 is 0.968 bits per heavy atom. The predicted octanol–water partition coefficient (Wildman–Crippen LogP) is 3.05. The molecule has 4 rings (SSSR count). The van der Waals surface area contributed by atoms with Crippen molar-refractivity contribution in [3.8, 4) is 5.75 Å².